The van der Waals surface area contributed by atoms with E-state index >= 15 is 0 Å². The Morgan fingerprint density at radius 1 is 1.25 bits per heavy atom. The molecule has 0 bridgehead atoms. The van der Waals surface area contributed by atoms with Crippen LogP contribution in [0.25, 0.3) is 0 Å². The molecule has 0 heterocycles. The number of benzene rings is 1. The summed E-state index contributed by atoms with van der Waals surface area (Å²) in [5.41, 5.74) is 0.961. The lowest BCUT2D eigenvalue weighted by Gasteiger charge is -2.24. The first-order chi connectivity index (χ1) is 9.35. The summed E-state index contributed by atoms with van der Waals surface area (Å²) in [6, 6.07) is 5.31. The molecule has 0 aliphatic rings. The van der Waals surface area contributed by atoms with E-state index in [0.29, 0.717) is 10.0 Å². The van der Waals surface area contributed by atoms with Crippen LogP contribution in [0.4, 0.5) is 0 Å². The number of rotatable bonds is 6. The summed E-state index contributed by atoms with van der Waals surface area (Å²) in [5, 5.41) is 7.43. The summed E-state index contributed by atoms with van der Waals surface area (Å²) in [5.74, 6) is -0.0106. The van der Waals surface area contributed by atoms with Gasteiger partial charge in [0.2, 0.25) is 5.91 Å². The maximum Gasteiger partial charge on any atom is 0.237 e. The number of hydrogen-bond donors (Lipinski definition) is 2. The molecule has 3 nitrogen and oxygen atoms in total. The molecule has 1 aromatic carbocycles. The van der Waals surface area contributed by atoms with Crippen LogP contribution in [0.2, 0.25) is 10.0 Å². The lowest BCUT2D eigenvalue weighted by molar-refractivity contribution is -0.123. The van der Waals surface area contributed by atoms with Crippen molar-refractivity contribution in [1.82, 2.24) is 10.6 Å². The van der Waals surface area contributed by atoms with Crippen LogP contribution in [-0.2, 0) is 4.79 Å². The van der Waals surface area contributed by atoms with Crippen molar-refractivity contribution in [3.63, 3.8) is 0 Å². The van der Waals surface area contributed by atoms with Gasteiger partial charge in [-0.1, -0.05) is 36.2 Å². The van der Waals surface area contributed by atoms with Gasteiger partial charge in [0.25, 0.3) is 0 Å². The Morgan fingerprint density at radius 2 is 1.90 bits per heavy atom. The molecule has 0 radical (unpaired) electrons. The molecule has 0 saturated heterocycles. The molecule has 5 heteroatoms. The summed E-state index contributed by atoms with van der Waals surface area (Å²) >= 11 is 12.1. The van der Waals surface area contributed by atoms with Crippen molar-refractivity contribution in [3.05, 3.63) is 33.8 Å². The zero-order valence-corrected chi connectivity index (χ0v) is 13.8. The zero-order chi connectivity index (χ0) is 15.3. The summed E-state index contributed by atoms with van der Waals surface area (Å²) < 4.78 is 0. The topological polar surface area (TPSA) is 41.1 Å². The minimum atomic E-state index is -0.283. The van der Waals surface area contributed by atoms with Crippen molar-refractivity contribution in [2.75, 3.05) is 0 Å². The average molecular weight is 317 g/mol. The average Bonchev–Trinajstić information content (AvgIpc) is 2.35. The summed E-state index contributed by atoms with van der Waals surface area (Å²) in [6.45, 7) is 7.79. The van der Waals surface area contributed by atoms with Crippen LogP contribution < -0.4 is 10.6 Å². The highest BCUT2D eigenvalue weighted by atomic mass is 35.5. The van der Waals surface area contributed by atoms with E-state index in [2.05, 4.69) is 17.6 Å². The third kappa shape index (κ3) is 4.97. The van der Waals surface area contributed by atoms with Crippen LogP contribution in [-0.4, -0.2) is 18.0 Å². The number of amides is 1. The van der Waals surface area contributed by atoms with Crippen LogP contribution in [0.1, 0.15) is 45.7 Å². The molecule has 1 amide bonds. The maximum atomic E-state index is 11.9. The molecule has 0 aliphatic heterocycles. The molecule has 1 aromatic rings. The minimum absolute atomic E-state index is 0.0106. The highest BCUT2D eigenvalue weighted by molar-refractivity contribution is 6.35. The van der Waals surface area contributed by atoms with Gasteiger partial charge in [-0.25, -0.2) is 0 Å². The number of hydrogen-bond acceptors (Lipinski definition) is 2. The number of halogens is 2. The Hall–Kier alpha value is -0.770. The smallest absolute Gasteiger partial charge is 0.237 e. The second kappa shape index (κ2) is 7.87. The largest absolute Gasteiger partial charge is 0.353 e. The number of carbonyl (C=O) groups excluding carboxylic acids is 1. The Labute approximate surface area is 131 Å². The van der Waals surface area contributed by atoms with Crippen molar-refractivity contribution in [3.8, 4) is 0 Å². The van der Waals surface area contributed by atoms with Crippen LogP contribution in [0, 0.1) is 0 Å². The summed E-state index contributed by atoms with van der Waals surface area (Å²) in [6.07, 6.45) is 0.834. The Morgan fingerprint density at radius 3 is 2.40 bits per heavy atom. The lowest BCUT2D eigenvalue weighted by atomic mass is 10.0. The van der Waals surface area contributed by atoms with Crippen LogP contribution >= 0.6 is 23.2 Å². The van der Waals surface area contributed by atoms with Gasteiger partial charge in [-0.15, -0.1) is 0 Å². The van der Waals surface area contributed by atoms with E-state index in [1.165, 1.54) is 0 Å². The van der Waals surface area contributed by atoms with E-state index in [0.717, 1.165) is 12.0 Å². The minimum Gasteiger partial charge on any atom is -0.353 e. The second-order valence-corrected chi connectivity index (χ2v) is 6.02. The van der Waals surface area contributed by atoms with Gasteiger partial charge in [0.1, 0.15) is 0 Å². The molecule has 112 valence electrons. The molecule has 2 unspecified atom stereocenters. The van der Waals surface area contributed by atoms with E-state index < -0.39 is 0 Å². The fraction of sp³-hybridized carbons (Fsp3) is 0.533. The van der Waals surface area contributed by atoms with Crippen molar-refractivity contribution < 1.29 is 4.79 Å². The lowest BCUT2D eigenvalue weighted by Crippen LogP contribution is -2.45. The zero-order valence-electron chi connectivity index (χ0n) is 12.3. The highest BCUT2D eigenvalue weighted by Crippen LogP contribution is 2.28. The third-order valence-corrected chi connectivity index (χ3v) is 3.58. The molecule has 2 atom stereocenters. The van der Waals surface area contributed by atoms with E-state index in [-0.39, 0.29) is 24.0 Å². The monoisotopic (exact) mass is 316 g/mol. The predicted molar refractivity (Wildman–Crippen MR) is 85.4 cm³/mol. The molecule has 0 fully saturated rings. The van der Waals surface area contributed by atoms with Gasteiger partial charge in [0.05, 0.1) is 6.04 Å². The molecule has 0 aliphatic carbocycles. The normalized spacial score (nSPS) is 14.2. The molecule has 1 rings (SSSR count). The molecule has 20 heavy (non-hydrogen) atoms. The highest BCUT2D eigenvalue weighted by Gasteiger charge is 2.20. The fourth-order valence-corrected chi connectivity index (χ4v) is 2.54. The molecular formula is C15H22Cl2N2O. The van der Waals surface area contributed by atoms with Gasteiger partial charge in [0, 0.05) is 22.1 Å². The Kier molecular flexibility index (Phi) is 6.80. The van der Waals surface area contributed by atoms with Gasteiger partial charge in [-0.05, 0) is 44.9 Å². The summed E-state index contributed by atoms with van der Waals surface area (Å²) in [4.78, 5) is 11.9. The van der Waals surface area contributed by atoms with Crippen molar-refractivity contribution in [1.29, 1.82) is 0 Å². The standard InChI is InChI=1S/C15H22Cl2N2O/c1-5-14(12-7-6-11(16)8-13(12)17)19-10(4)15(20)18-9(2)3/h6-10,14,19H,5H2,1-4H3,(H,18,20). The van der Waals surface area contributed by atoms with Gasteiger partial charge in [-0.3, -0.25) is 10.1 Å². The van der Waals surface area contributed by atoms with Crippen molar-refractivity contribution >= 4 is 29.1 Å². The molecular weight excluding hydrogens is 295 g/mol. The Balaban J connectivity index is 2.79. The first-order valence-electron chi connectivity index (χ1n) is 6.86. The van der Waals surface area contributed by atoms with E-state index in [1.807, 2.05) is 32.9 Å². The van der Waals surface area contributed by atoms with Crippen molar-refractivity contribution in [2.45, 2.75) is 52.2 Å². The van der Waals surface area contributed by atoms with Crippen molar-refractivity contribution in [2.24, 2.45) is 0 Å². The van der Waals surface area contributed by atoms with Gasteiger partial charge in [0.15, 0.2) is 0 Å². The first-order valence-corrected chi connectivity index (χ1v) is 7.62. The molecule has 0 spiro atoms. The summed E-state index contributed by atoms with van der Waals surface area (Å²) in [7, 11) is 0. The quantitative estimate of drug-likeness (QED) is 0.834. The SMILES string of the molecule is CCC(NC(C)C(=O)NC(C)C)c1ccc(Cl)cc1Cl. The van der Waals surface area contributed by atoms with E-state index in [4.69, 9.17) is 23.2 Å². The number of carbonyl (C=O) groups is 1. The molecule has 0 saturated carbocycles. The van der Waals surface area contributed by atoms with Gasteiger partial charge < -0.3 is 5.32 Å². The van der Waals surface area contributed by atoms with Crippen LogP contribution in [0.5, 0.6) is 0 Å². The van der Waals surface area contributed by atoms with Gasteiger partial charge in [-0.2, -0.15) is 0 Å². The number of nitrogens with one attached hydrogen (secondary N) is 2. The van der Waals surface area contributed by atoms with Gasteiger partial charge >= 0.3 is 0 Å². The van der Waals surface area contributed by atoms with E-state index in [9.17, 15) is 4.79 Å². The predicted octanol–water partition coefficient (Wildman–Crippen LogP) is 3.95. The fourth-order valence-electron chi connectivity index (χ4n) is 2.00. The Bertz CT molecular complexity index is 463. The second-order valence-electron chi connectivity index (χ2n) is 5.18. The first kappa shape index (κ1) is 17.3. The molecule has 0 aromatic heterocycles. The van der Waals surface area contributed by atoms with Crippen LogP contribution in [0.15, 0.2) is 18.2 Å². The van der Waals surface area contributed by atoms with Crippen LogP contribution in [0.3, 0.4) is 0 Å². The van der Waals surface area contributed by atoms with E-state index in [1.54, 1.807) is 6.07 Å². The molecule has 2 N–H and O–H groups in total. The maximum absolute atomic E-state index is 11.9. The third-order valence-electron chi connectivity index (χ3n) is 3.02.